The molecule has 0 saturated carbocycles. The zero-order valence-electron chi connectivity index (χ0n) is 14.1. The maximum atomic E-state index is 12.0. The van der Waals surface area contributed by atoms with Crippen LogP contribution in [0.5, 0.6) is 0 Å². The number of hydrogen-bond donors (Lipinski definition) is 1. The molecule has 1 N–H and O–H groups in total. The first kappa shape index (κ1) is 17.4. The lowest BCUT2D eigenvalue weighted by molar-refractivity contribution is -0.113. The van der Waals surface area contributed by atoms with Crippen molar-refractivity contribution < 1.29 is 4.79 Å². The molecule has 25 heavy (non-hydrogen) atoms. The Kier molecular flexibility index (Phi) is 5.34. The average Bonchev–Trinajstić information content (AvgIpc) is 3.23. The van der Waals surface area contributed by atoms with Gasteiger partial charge in [-0.3, -0.25) is 4.79 Å². The minimum absolute atomic E-state index is 0.112. The summed E-state index contributed by atoms with van der Waals surface area (Å²) >= 11 is 2.74. The smallest absolute Gasteiger partial charge is 0.236 e. The van der Waals surface area contributed by atoms with Crippen molar-refractivity contribution in [3.63, 3.8) is 0 Å². The Bertz CT molecular complexity index is 859. The second-order valence-corrected chi connectivity index (χ2v) is 7.32. The van der Waals surface area contributed by atoms with Gasteiger partial charge in [0, 0.05) is 44.0 Å². The first-order chi connectivity index (χ1) is 12.0. The van der Waals surface area contributed by atoms with E-state index in [0.717, 1.165) is 17.1 Å². The fourth-order valence-electron chi connectivity index (χ4n) is 2.19. The summed E-state index contributed by atoms with van der Waals surface area (Å²) in [6.45, 7) is 0. The van der Waals surface area contributed by atoms with Gasteiger partial charge in [0.25, 0.3) is 0 Å². The second-order valence-electron chi connectivity index (χ2n) is 5.48. The molecule has 0 saturated heterocycles. The van der Waals surface area contributed by atoms with Crippen molar-refractivity contribution in [2.24, 2.45) is 7.05 Å². The van der Waals surface area contributed by atoms with Gasteiger partial charge in [0.2, 0.25) is 5.91 Å². The molecule has 0 bridgehead atoms. The molecular weight excluding hydrogens is 356 g/mol. The van der Waals surface area contributed by atoms with E-state index in [2.05, 4.69) is 26.6 Å². The van der Waals surface area contributed by atoms with Crippen LogP contribution in [0, 0.1) is 0 Å². The molecule has 2 heterocycles. The Labute approximate surface area is 154 Å². The number of benzene rings is 1. The maximum absolute atomic E-state index is 12.0. The first-order valence-electron chi connectivity index (χ1n) is 7.54. The van der Waals surface area contributed by atoms with Crippen LogP contribution in [0.25, 0.3) is 11.4 Å². The number of anilines is 2. The van der Waals surface area contributed by atoms with Crippen LogP contribution < -0.4 is 10.2 Å². The van der Waals surface area contributed by atoms with Crippen LogP contribution in [-0.4, -0.2) is 45.5 Å². The number of thioether (sulfide) groups is 1. The summed E-state index contributed by atoms with van der Waals surface area (Å²) in [6, 6.07) is 8.10. The average molecular weight is 374 g/mol. The zero-order chi connectivity index (χ0) is 17.8. The van der Waals surface area contributed by atoms with Crippen LogP contribution in [-0.2, 0) is 11.8 Å². The summed E-state index contributed by atoms with van der Waals surface area (Å²) in [6.07, 6.45) is 1.66. The van der Waals surface area contributed by atoms with Crippen LogP contribution in [0.2, 0.25) is 0 Å². The summed E-state index contributed by atoms with van der Waals surface area (Å²) < 4.78 is 1.90. The monoisotopic (exact) mass is 374 g/mol. The van der Waals surface area contributed by atoms with Crippen molar-refractivity contribution in [3.05, 3.63) is 35.8 Å². The molecule has 2 aromatic heterocycles. The molecule has 7 nitrogen and oxygen atoms in total. The van der Waals surface area contributed by atoms with E-state index in [1.807, 2.05) is 54.2 Å². The summed E-state index contributed by atoms with van der Waals surface area (Å²) in [5, 5.41) is 14.3. The fourth-order valence-corrected chi connectivity index (χ4v) is 3.44. The Balaban J connectivity index is 1.69. The van der Waals surface area contributed by atoms with Crippen LogP contribution >= 0.6 is 23.1 Å². The maximum Gasteiger partial charge on any atom is 0.236 e. The zero-order valence-corrected chi connectivity index (χ0v) is 15.8. The number of thiazole rings is 1. The predicted octanol–water partition coefficient (Wildman–Crippen LogP) is 2.74. The Morgan fingerprint density at radius 1 is 1.36 bits per heavy atom. The number of rotatable bonds is 6. The lowest BCUT2D eigenvalue weighted by atomic mass is 10.2. The Morgan fingerprint density at radius 2 is 2.20 bits per heavy atom. The number of nitrogens with one attached hydrogen (secondary N) is 1. The van der Waals surface area contributed by atoms with Gasteiger partial charge in [0.05, 0.1) is 5.75 Å². The van der Waals surface area contributed by atoms with Crippen molar-refractivity contribution in [3.8, 4) is 11.4 Å². The first-order valence-corrected chi connectivity index (χ1v) is 9.40. The van der Waals surface area contributed by atoms with Gasteiger partial charge in [0.1, 0.15) is 0 Å². The van der Waals surface area contributed by atoms with E-state index in [9.17, 15) is 4.79 Å². The standard InChI is InChI=1S/C16H18N6OS2/c1-21(2)12-6-4-5-11(9-12)14-19-20-16(22(14)3)25-10-13(23)18-15-17-7-8-24-15/h4-9H,10H2,1-3H3,(H,17,18,23). The quantitative estimate of drug-likeness (QED) is 0.669. The highest BCUT2D eigenvalue weighted by molar-refractivity contribution is 7.99. The molecule has 0 aliphatic rings. The van der Waals surface area contributed by atoms with Crippen LogP contribution in [0.4, 0.5) is 10.8 Å². The third-order valence-electron chi connectivity index (χ3n) is 3.47. The number of nitrogens with zero attached hydrogens (tertiary/aromatic N) is 5. The largest absolute Gasteiger partial charge is 0.378 e. The molecule has 0 aliphatic heterocycles. The minimum atomic E-state index is -0.112. The summed E-state index contributed by atoms with van der Waals surface area (Å²) in [7, 11) is 5.90. The molecule has 0 fully saturated rings. The van der Waals surface area contributed by atoms with Crippen molar-refractivity contribution >= 4 is 39.8 Å². The molecule has 130 valence electrons. The predicted molar refractivity (Wildman–Crippen MR) is 102 cm³/mol. The molecule has 0 aliphatic carbocycles. The summed E-state index contributed by atoms with van der Waals surface area (Å²) in [5.74, 6) is 0.911. The van der Waals surface area contributed by atoms with E-state index in [1.165, 1.54) is 23.1 Å². The van der Waals surface area contributed by atoms with Crippen molar-refractivity contribution in [1.82, 2.24) is 19.7 Å². The van der Waals surface area contributed by atoms with Crippen molar-refractivity contribution in [2.45, 2.75) is 5.16 Å². The van der Waals surface area contributed by atoms with E-state index < -0.39 is 0 Å². The molecule has 0 atom stereocenters. The van der Waals surface area contributed by atoms with E-state index in [4.69, 9.17) is 0 Å². The lowest BCUT2D eigenvalue weighted by Crippen LogP contribution is -2.14. The Morgan fingerprint density at radius 3 is 2.92 bits per heavy atom. The van der Waals surface area contributed by atoms with Gasteiger partial charge in [-0.05, 0) is 12.1 Å². The fraction of sp³-hybridized carbons (Fsp3) is 0.250. The molecule has 9 heteroatoms. The van der Waals surface area contributed by atoms with Gasteiger partial charge in [-0.2, -0.15) is 0 Å². The minimum Gasteiger partial charge on any atom is -0.378 e. The third kappa shape index (κ3) is 4.18. The molecule has 0 radical (unpaired) electrons. The van der Waals surface area contributed by atoms with Gasteiger partial charge in [-0.1, -0.05) is 23.9 Å². The van der Waals surface area contributed by atoms with Crippen LogP contribution in [0.1, 0.15) is 0 Å². The van der Waals surface area contributed by atoms with Crippen LogP contribution in [0.15, 0.2) is 41.0 Å². The topological polar surface area (TPSA) is 75.9 Å². The number of hydrogen-bond acceptors (Lipinski definition) is 7. The number of aromatic nitrogens is 4. The van der Waals surface area contributed by atoms with Gasteiger partial charge in [-0.15, -0.1) is 21.5 Å². The normalized spacial score (nSPS) is 10.7. The van der Waals surface area contributed by atoms with E-state index >= 15 is 0 Å². The number of amides is 1. The second kappa shape index (κ2) is 7.66. The van der Waals surface area contributed by atoms with Gasteiger partial charge in [-0.25, -0.2) is 4.98 Å². The molecule has 3 rings (SSSR count). The van der Waals surface area contributed by atoms with E-state index in [0.29, 0.717) is 10.3 Å². The lowest BCUT2D eigenvalue weighted by Gasteiger charge is -2.13. The highest BCUT2D eigenvalue weighted by atomic mass is 32.2. The van der Waals surface area contributed by atoms with E-state index in [1.54, 1.807) is 6.20 Å². The molecule has 0 spiro atoms. The summed E-state index contributed by atoms with van der Waals surface area (Å²) in [5.41, 5.74) is 2.08. The Hall–Kier alpha value is -2.39. The van der Waals surface area contributed by atoms with Crippen molar-refractivity contribution in [1.29, 1.82) is 0 Å². The number of carbonyl (C=O) groups excluding carboxylic acids is 1. The molecule has 0 unspecified atom stereocenters. The molecule has 1 amide bonds. The molecular formula is C16H18N6OS2. The van der Waals surface area contributed by atoms with Gasteiger partial charge < -0.3 is 14.8 Å². The third-order valence-corrected chi connectivity index (χ3v) is 5.18. The molecule has 1 aromatic carbocycles. The van der Waals surface area contributed by atoms with Gasteiger partial charge in [0.15, 0.2) is 16.1 Å². The van der Waals surface area contributed by atoms with Gasteiger partial charge >= 0.3 is 0 Å². The highest BCUT2D eigenvalue weighted by Gasteiger charge is 2.14. The number of carbonyl (C=O) groups is 1. The van der Waals surface area contributed by atoms with E-state index in [-0.39, 0.29) is 11.7 Å². The van der Waals surface area contributed by atoms with Crippen molar-refractivity contribution in [2.75, 3.05) is 30.1 Å². The van der Waals surface area contributed by atoms with Crippen LogP contribution in [0.3, 0.4) is 0 Å². The SMILES string of the molecule is CN(C)c1cccc(-c2nnc(SCC(=O)Nc3nccs3)n2C)c1. The molecule has 3 aromatic rings. The highest BCUT2D eigenvalue weighted by Crippen LogP contribution is 2.25. The summed E-state index contributed by atoms with van der Waals surface area (Å²) in [4.78, 5) is 18.0.